The molecule has 2 aromatic carbocycles. The summed E-state index contributed by atoms with van der Waals surface area (Å²) in [6.07, 6.45) is 7.19. The first kappa shape index (κ1) is 16.2. The van der Waals surface area contributed by atoms with Gasteiger partial charge in [-0.05, 0) is 60.7 Å². The monoisotopic (exact) mass is 347 g/mol. The zero-order valence-electron chi connectivity index (χ0n) is 14.3. The van der Waals surface area contributed by atoms with E-state index in [1.54, 1.807) is 25.4 Å². The normalized spacial score (nSPS) is 11.0. The van der Waals surface area contributed by atoms with Crippen LogP contribution >= 0.6 is 0 Å². The number of nitrogens with zero attached hydrogens (tertiary/aromatic N) is 3. The van der Waals surface area contributed by atoms with Crippen molar-refractivity contribution in [3.05, 3.63) is 77.5 Å². The second-order valence-electron chi connectivity index (χ2n) is 6.30. The standard InChI is InChI=1S/C20H18FN5/c1-13-2-6-17(9-18(13)21)25-20-22-10-15(11-23-20)4-3-14-5-7-19-16(8-14)12-24-26-19/h2,5-12H,3-4H2,1H3,(H,24,26)(H,22,23,25). The number of aryl methyl sites for hydroxylation is 3. The van der Waals surface area contributed by atoms with Crippen molar-refractivity contribution in [3.8, 4) is 0 Å². The van der Waals surface area contributed by atoms with E-state index in [1.165, 1.54) is 11.6 Å². The molecule has 0 atom stereocenters. The van der Waals surface area contributed by atoms with E-state index in [1.807, 2.05) is 18.3 Å². The number of halogens is 1. The molecule has 2 N–H and O–H groups in total. The number of fused-ring (bicyclic) bond motifs is 1. The summed E-state index contributed by atoms with van der Waals surface area (Å²) in [4.78, 5) is 8.64. The minimum Gasteiger partial charge on any atom is -0.324 e. The first-order valence-corrected chi connectivity index (χ1v) is 8.43. The van der Waals surface area contributed by atoms with E-state index in [9.17, 15) is 4.39 Å². The quantitative estimate of drug-likeness (QED) is 0.564. The van der Waals surface area contributed by atoms with Crippen LogP contribution in [0.4, 0.5) is 16.0 Å². The summed E-state index contributed by atoms with van der Waals surface area (Å²) in [7, 11) is 0. The lowest BCUT2D eigenvalue weighted by Crippen LogP contribution is -2.00. The van der Waals surface area contributed by atoms with Crippen LogP contribution in [0.15, 0.2) is 55.0 Å². The molecule has 0 saturated carbocycles. The van der Waals surface area contributed by atoms with Crippen molar-refractivity contribution >= 4 is 22.5 Å². The summed E-state index contributed by atoms with van der Waals surface area (Å²) < 4.78 is 13.6. The third-order valence-electron chi connectivity index (χ3n) is 4.34. The Hall–Kier alpha value is -3.28. The van der Waals surface area contributed by atoms with Crippen LogP contribution in [0, 0.1) is 12.7 Å². The van der Waals surface area contributed by atoms with Crippen molar-refractivity contribution in [1.82, 2.24) is 20.2 Å². The van der Waals surface area contributed by atoms with Gasteiger partial charge in [0.15, 0.2) is 0 Å². The summed E-state index contributed by atoms with van der Waals surface area (Å²) in [6, 6.07) is 11.3. The van der Waals surface area contributed by atoms with Crippen LogP contribution in [0.1, 0.15) is 16.7 Å². The molecule has 0 saturated heterocycles. The lowest BCUT2D eigenvalue weighted by molar-refractivity contribution is 0.619. The van der Waals surface area contributed by atoms with Crippen LogP contribution in [0.3, 0.4) is 0 Å². The van der Waals surface area contributed by atoms with Crippen LogP contribution in [-0.2, 0) is 12.8 Å². The van der Waals surface area contributed by atoms with Crippen molar-refractivity contribution in [3.63, 3.8) is 0 Å². The molecular formula is C20H18FN5. The molecule has 2 heterocycles. The van der Waals surface area contributed by atoms with Crippen molar-refractivity contribution in [1.29, 1.82) is 0 Å². The van der Waals surface area contributed by atoms with E-state index in [-0.39, 0.29) is 5.82 Å². The van der Waals surface area contributed by atoms with Crippen LogP contribution in [0.2, 0.25) is 0 Å². The number of anilines is 2. The van der Waals surface area contributed by atoms with Gasteiger partial charge in [0, 0.05) is 23.5 Å². The van der Waals surface area contributed by atoms with Gasteiger partial charge in [-0.25, -0.2) is 14.4 Å². The Morgan fingerprint density at radius 1 is 0.962 bits per heavy atom. The van der Waals surface area contributed by atoms with Crippen LogP contribution in [-0.4, -0.2) is 20.2 Å². The number of nitrogens with one attached hydrogen (secondary N) is 2. The maximum Gasteiger partial charge on any atom is 0.227 e. The molecule has 6 heteroatoms. The minimum atomic E-state index is -0.249. The highest BCUT2D eigenvalue weighted by atomic mass is 19.1. The van der Waals surface area contributed by atoms with Gasteiger partial charge in [-0.1, -0.05) is 12.1 Å². The fraction of sp³-hybridized carbons (Fsp3) is 0.150. The summed E-state index contributed by atoms with van der Waals surface area (Å²) in [6.45, 7) is 1.73. The molecule has 0 unspecified atom stereocenters. The Morgan fingerprint density at radius 2 is 1.77 bits per heavy atom. The van der Waals surface area contributed by atoms with Gasteiger partial charge in [0.25, 0.3) is 0 Å². The fourth-order valence-electron chi connectivity index (χ4n) is 2.78. The van der Waals surface area contributed by atoms with Gasteiger partial charge in [0.1, 0.15) is 5.82 Å². The molecule has 0 aliphatic carbocycles. The molecule has 0 amide bonds. The van der Waals surface area contributed by atoms with Crippen molar-refractivity contribution in [2.45, 2.75) is 19.8 Å². The molecule has 26 heavy (non-hydrogen) atoms. The highest BCUT2D eigenvalue weighted by Crippen LogP contribution is 2.18. The highest BCUT2D eigenvalue weighted by Gasteiger charge is 2.04. The van der Waals surface area contributed by atoms with E-state index in [0.29, 0.717) is 17.2 Å². The van der Waals surface area contributed by atoms with E-state index >= 15 is 0 Å². The average Bonchev–Trinajstić information content (AvgIpc) is 3.12. The summed E-state index contributed by atoms with van der Waals surface area (Å²) in [5, 5.41) is 11.1. The van der Waals surface area contributed by atoms with Gasteiger partial charge < -0.3 is 5.32 Å². The topological polar surface area (TPSA) is 66.5 Å². The number of H-pyrrole nitrogens is 1. The molecule has 130 valence electrons. The molecule has 0 radical (unpaired) electrons. The van der Waals surface area contributed by atoms with Gasteiger partial charge in [0.05, 0.1) is 11.7 Å². The lowest BCUT2D eigenvalue weighted by atomic mass is 10.1. The molecule has 0 aliphatic heterocycles. The fourth-order valence-corrected chi connectivity index (χ4v) is 2.78. The zero-order chi connectivity index (χ0) is 17.9. The summed E-state index contributed by atoms with van der Waals surface area (Å²) in [5.41, 5.74) is 4.59. The molecule has 4 aromatic rings. The summed E-state index contributed by atoms with van der Waals surface area (Å²) in [5.74, 6) is 0.207. The maximum atomic E-state index is 13.6. The zero-order valence-corrected chi connectivity index (χ0v) is 14.3. The second-order valence-corrected chi connectivity index (χ2v) is 6.30. The highest BCUT2D eigenvalue weighted by molar-refractivity contribution is 5.78. The van der Waals surface area contributed by atoms with E-state index in [4.69, 9.17) is 0 Å². The first-order valence-electron chi connectivity index (χ1n) is 8.43. The number of aromatic amines is 1. The summed E-state index contributed by atoms with van der Waals surface area (Å²) >= 11 is 0. The van der Waals surface area contributed by atoms with Crippen molar-refractivity contribution in [2.24, 2.45) is 0 Å². The minimum absolute atomic E-state index is 0.249. The predicted octanol–water partition coefficient (Wildman–Crippen LogP) is 4.33. The number of hydrogen-bond donors (Lipinski definition) is 2. The van der Waals surface area contributed by atoms with E-state index in [2.05, 4.69) is 37.6 Å². The first-order chi connectivity index (χ1) is 12.7. The van der Waals surface area contributed by atoms with Crippen LogP contribution < -0.4 is 5.32 Å². The molecular weight excluding hydrogens is 329 g/mol. The number of aromatic nitrogens is 4. The predicted molar refractivity (Wildman–Crippen MR) is 100.0 cm³/mol. The third-order valence-corrected chi connectivity index (χ3v) is 4.34. The largest absolute Gasteiger partial charge is 0.324 e. The Morgan fingerprint density at radius 3 is 2.58 bits per heavy atom. The van der Waals surface area contributed by atoms with Gasteiger partial charge in [0.2, 0.25) is 5.95 Å². The van der Waals surface area contributed by atoms with Crippen molar-refractivity contribution in [2.75, 3.05) is 5.32 Å². The lowest BCUT2D eigenvalue weighted by Gasteiger charge is -2.07. The Bertz CT molecular complexity index is 1040. The molecule has 2 aromatic heterocycles. The van der Waals surface area contributed by atoms with E-state index < -0.39 is 0 Å². The Balaban J connectivity index is 1.39. The Kier molecular flexibility index (Phi) is 4.31. The Labute approximate surface area is 150 Å². The van der Waals surface area contributed by atoms with Gasteiger partial charge in [-0.3, -0.25) is 5.10 Å². The maximum absolute atomic E-state index is 13.6. The molecule has 5 nitrogen and oxygen atoms in total. The average molecular weight is 347 g/mol. The molecule has 0 spiro atoms. The number of hydrogen-bond acceptors (Lipinski definition) is 4. The molecule has 4 rings (SSSR count). The van der Waals surface area contributed by atoms with Crippen LogP contribution in [0.25, 0.3) is 10.9 Å². The molecule has 0 aliphatic rings. The molecule has 0 bridgehead atoms. The SMILES string of the molecule is Cc1ccc(Nc2ncc(CCc3ccc4[nH]ncc4c3)cn2)cc1F. The van der Waals surface area contributed by atoms with Gasteiger partial charge in [-0.15, -0.1) is 0 Å². The van der Waals surface area contributed by atoms with Gasteiger partial charge >= 0.3 is 0 Å². The second kappa shape index (κ2) is 6.92. The smallest absolute Gasteiger partial charge is 0.227 e. The van der Waals surface area contributed by atoms with Gasteiger partial charge in [-0.2, -0.15) is 5.10 Å². The van der Waals surface area contributed by atoms with E-state index in [0.717, 1.165) is 29.3 Å². The van der Waals surface area contributed by atoms with Crippen molar-refractivity contribution < 1.29 is 4.39 Å². The molecule has 0 fully saturated rings. The third kappa shape index (κ3) is 3.54. The number of benzene rings is 2. The number of rotatable bonds is 5. The van der Waals surface area contributed by atoms with Crippen LogP contribution in [0.5, 0.6) is 0 Å².